The average molecular weight is 485 g/mol. The molecule has 0 aliphatic carbocycles. The van der Waals surface area contributed by atoms with Crippen molar-refractivity contribution in [3.63, 3.8) is 0 Å². The van der Waals surface area contributed by atoms with Crippen molar-refractivity contribution in [2.24, 2.45) is 5.92 Å². The van der Waals surface area contributed by atoms with Gasteiger partial charge >= 0.3 is 12.3 Å². The van der Waals surface area contributed by atoms with Crippen molar-refractivity contribution in [3.8, 4) is 0 Å². The standard InChI is InChI=1S/C23H31F3N4O4/c1-34-22(33)30-11-9-28(10-12-30)7-8-29-6-5-17(16-29)13-20(31)15-27-21(32)18-3-2-4-19(14-18)23(24,25)26/h2-4,14,17H,5-13,15-16H2,1H3,(H,27,32)/t17-/m0/s1. The lowest BCUT2D eigenvalue weighted by molar-refractivity contribution is -0.137. The van der Waals surface area contributed by atoms with Gasteiger partial charge in [0.2, 0.25) is 0 Å². The summed E-state index contributed by atoms with van der Waals surface area (Å²) in [5, 5.41) is 2.43. The predicted molar refractivity (Wildman–Crippen MR) is 118 cm³/mol. The summed E-state index contributed by atoms with van der Waals surface area (Å²) in [5.41, 5.74) is -1.02. The lowest BCUT2D eigenvalue weighted by Crippen LogP contribution is -2.50. The normalized spacial score (nSPS) is 19.8. The van der Waals surface area contributed by atoms with Crippen molar-refractivity contribution < 1.29 is 32.3 Å². The van der Waals surface area contributed by atoms with Crippen LogP contribution >= 0.6 is 0 Å². The minimum atomic E-state index is -4.53. The van der Waals surface area contributed by atoms with Crippen LogP contribution in [0.4, 0.5) is 18.0 Å². The summed E-state index contributed by atoms with van der Waals surface area (Å²) >= 11 is 0. The van der Waals surface area contributed by atoms with Gasteiger partial charge in [-0.2, -0.15) is 13.2 Å². The number of ether oxygens (including phenoxy) is 1. The first-order chi connectivity index (χ1) is 16.2. The first kappa shape index (κ1) is 26.0. The second-order valence-corrected chi connectivity index (χ2v) is 8.76. The number of hydrogen-bond donors (Lipinski definition) is 1. The molecule has 1 N–H and O–H groups in total. The molecule has 1 atom stereocenters. The van der Waals surface area contributed by atoms with Crippen molar-refractivity contribution in [2.75, 3.05) is 66.0 Å². The summed E-state index contributed by atoms with van der Waals surface area (Å²) in [6, 6.07) is 4.14. The van der Waals surface area contributed by atoms with E-state index in [4.69, 9.17) is 4.74 Å². The summed E-state index contributed by atoms with van der Waals surface area (Å²) < 4.78 is 43.2. The van der Waals surface area contributed by atoms with Gasteiger partial charge in [0.05, 0.1) is 19.2 Å². The molecule has 0 radical (unpaired) electrons. The Morgan fingerprint density at radius 2 is 1.76 bits per heavy atom. The summed E-state index contributed by atoms with van der Waals surface area (Å²) in [4.78, 5) is 42.3. The lowest BCUT2D eigenvalue weighted by atomic mass is 10.0. The number of benzene rings is 1. The van der Waals surface area contributed by atoms with Gasteiger partial charge in [-0.25, -0.2) is 4.79 Å². The highest BCUT2D eigenvalue weighted by Crippen LogP contribution is 2.29. The van der Waals surface area contributed by atoms with Gasteiger partial charge in [-0.3, -0.25) is 14.5 Å². The molecule has 11 heteroatoms. The number of carbonyl (C=O) groups is 3. The lowest BCUT2D eigenvalue weighted by Gasteiger charge is -2.34. The number of likely N-dealkylation sites (tertiary alicyclic amines) is 1. The minimum Gasteiger partial charge on any atom is -0.453 e. The smallest absolute Gasteiger partial charge is 0.416 e. The second kappa shape index (κ2) is 11.7. The van der Waals surface area contributed by atoms with Crippen LogP contribution in [0.3, 0.4) is 0 Å². The molecule has 0 unspecified atom stereocenters. The number of rotatable bonds is 8. The third kappa shape index (κ3) is 7.42. The number of hydrogen-bond acceptors (Lipinski definition) is 6. The van der Waals surface area contributed by atoms with Crippen LogP contribution in [0.25, 0.3) is 0 Å². The van der Waals surface area contributed by atoms with E-state index in [1.807, 2.05) is 0 Å². The molecular formula is C23H31F3N4O4. The van der Waals surface area contributed by atoms with E-state index in [9.17, 15) is 27.6 Å². The Morgan fingerprint density at radius 1 is 1.06 bits per heavy atom. The van der Waals surface area contributed by atoms with Gasteiger partial charge in [0.15, 0.2) is 5.78 Å². The Morgan fingerprint density at radius 3 is 2.44 bits per heavy atom. The van der Waals surface area contributed by atoms with Crippen LogP contribution < -0.4 is 5.32 Å². The predicted octanol–water partition coefficient (Wildman–Crippen LogP) is 2.10. The van der Waals surface area contributed by atoms with Crippen molar-refractivity contribution >= 4 is 17.8 Å². The van der Waals surface area contributed by atoms with Crippen LogP contribution in [-0.4, -0.2) is 98.5 Å². The molecule has 0 aromatic heterocycles. The molecule has 1 aromatic rings. The monoisotopic (exact) mass is 484 g/mol. The molecule has 1 aromatic carbocycles. The van der Waals surface area contributed by atoms with Crippen molar-refractivity contribution in [1.82, 2.24) is 20.0 Å². The summed E-state index contributed by atoms with van der Waals surface area (Å²) in [6.07, 6.45) is -3.60. The topological polar surface area (TPSA) is 82.2 Å². The number of nitrogens with zero attached hydrogens (tertiary/aromatic N) is 3. The number of ketones is 1. The third-order valence-corrected chi connectivity index (χ3v) is 6.32. The van der Waals surface area contributed by atoms with Crippen LogP contribution in [0.2, 0.25) is 0 Å². The Balaban J connectivity index is 1.34. The molecule has 2 aliphatic heterocycles. The second-order valence-electron chi connectivity index (χ2n) is 8.76. The minimum absolute atomic E-state index is 0.123. The molecule has 188 valence electrons. The maximum Gasteiger partial charge on any atom is 0.416 e. The van der Waals surface area contributed by atoms with Crippen LogP contribution in [0.15, 0.2) is 24.3 Å². The van der Waals surface area contributed by atoms with Crippen molar-refractivity contribution in [3.05, 3.63) is 35.4 Å². The van der Waals surface area contributed by atoms with E-state index >= 15 is 0 Å². The van der Waals surface area contributed by atoms with Gasteiger partial charge in [-0.15, -0.1) is 0 Å². The van der Waals surface area contributed by atoms with Crippen LogP contribution in [0.1, 0.15) is 28.8 Å². The summed E-state index contributed by atoms with van der Waals surface area (Å²) in [7, 11) is 1.38. The molecule has 8 nitrogen and oxygen atoms in total. The van der Waals surface area contributed by atoms with Gasteiger partial charge in [-0.05, 0) is 37.1 Å². The Hall–Kier alpha value is -2.66. The Bertz CT molecular complexity index is 872. The van der Waals surface area contributed by atoms with Gasteiger partial charge < -0.3 is 19.9 Å². The number of Topliss-reactive ketones (excluding diaryl/α,β-unsaturated/α-hetero) is 1. The third-order valence-electron chi connectivity index (χ3n) is 6.32. The highest BCUT2D eigenvalue weighted by atomic mass is 19.4. The Kier molecular flexibility index (Phi) is 8.90. The zero-order chi connectivity index (χ0) is 24.7. The van der Waals surface area contributed by atoms with Gasteiger partial charge in [0.1, 0.15) is 0 Å². The van der Waals surface area contributed by atoms with E-state index < -0.39 is 17.6 Å². The van der Waals surface area contributed by atoms with E-state index in [1.165, 1.54) is 19.2 Å². The fourth-order valence-corrected chi connectivity index (χ4v) is 4.36. The van der Waals surface area contributed by atoms with E-state index in [2.05, 4.69) is 15.1 Å². The first-order valence-electron chi connectivity index (χ1n) is 11.4. The first-order valence-corrected chi connectivity index (χ1v) is 11.4. The van der Waals surface area contributed by atoms with Crippen LogP contribution in [-0.2, 0) is 15.7 Å². The van der Waals surface area contributed by atoms with Gasteiger partial charge in [0, 0.05) is 57.8 Å². The largest absolute Gasteiger partial charge is 0.453 e. The number of alkyl halides is 3. The molecule has 2 fully saturated rings. The van der Waals surface area contributed by atoms with Crippen molar-refractivity contribution in [1.29, 1.82) is 0 Å². The zero-order valence-electron chi connectivity index (χ0n) is 19.3. The fraction of sp³-hybridized carbons (Fsp3) is 0.609. The Labute approximate surface area is 197 Å². The molecule has 3 rings (SSSR count). The molecule has 34 heavy (non-hydrogen) atoms. The molecule has 0 bridgehead atoms. The molecule has 2 saturated heterocycles. The molecule has 0 spiro atoms. The molecule has 2 heterocycles. The molecule has 2 amide bonds. The van der Waals surface area contributed by atoms with E-state index in [0.717, 1.165) is 57.8 Å². The molecule has 0 saturated carbocycles. The van der Waals surface area contributed by atoms with Gasteiger partial charge in [0.25, 0.3) is 5.91 Å². The highest BCUT2D eigenvalue weighted by Gasteiger charge is 2.31. The number of nitrogens with one attached hydrogen (secondary N) is 1. The van der Waals surface area contributed by atoms with E-state index in [-0.39, 0.29) is 29.9 Å². The maximum absolute atomic E-state index is 12.8. The number of piperazine rings is 1. The average Bonchev–Trinajstić information content (AvgIpc) is 3.27. The quantitative estimate of drug-likeness (QED) is 0.609. The van der Waals surface area contributed by atoms with E-state index in [0.29, 0.717) is 19.5 Å². The number of halogens is 3. The van der Waals surface area contributed by atoms with Crippen molar-refractivity contribution in [2.45, 2.75) is 19.0 Å². The molecule has 2 aliphatic rings. The number of methoxy groups -OCH3 is 1. The number of carbonyl (C=O) groups excluding carboxylic acids is 3. The summed E-state index contributed by atoms with van der Waals surface area (Å²) in [6.45, 7) is 6.18. The highest BCUT2D eigenvalue weighted by molar-refractivity contribution is 5.96. The van der Waals surface area contributed by atoms with Gasteiger partial charge in [-0.1, -0.05) is 6.07 Å². The van der Waals surface area contributed by atoms with Crippen LogP contribution in [0, 0.1) is 5.92 Å². The SMILES string of the molecule is COC(=O)N1CCN(CCN2CC[C@@H](CC(=O)CNC(=O)c3cccc(C(F)(F)F)c3)C2)CC1. The molecular weight excluding hydrogens is 453 g/mol. The van der Waals surface area contributed by atoms with E-state index in [1.54, 1.807) is 4.90 Å². The zero-order valence-corrected chi connectivity index (χ0v) is 19.3. The van der Waals surface area contributed by atoms with Crippen LogP contribution in [0.5, 0.6) is 0 Å². The maximum atomic E-state index is 12.8. The fourth-order valence-electron chi connectivity index (χ4n) is 4.36. The number of amides is 2. The summed E-state index contributed by atoms with van der Waals surface area (Å²) in [5.74, 6) is -0.625.